The van der Waals surface area contributed by atoms with Gasteiger partial charge in [-0.05, 0) is 18.2 Å². The molecule has 0 fully saturated rings. The number of nitrogens with one attached hydrogen (secondary N) is 2. The van der Waals surface area contributed by atoms with Crippen LogP contribution in [0.2, 0.25) is 0 Å². The van der Waals surface area contributed by atoms with Crippen LogP contribution in [0.4, 0.5) is 17.6 Å². The zero-order chi connectivity index (χ0) is 16.8. The molecule has 0 aliphatic rings. The highest BCUT2D eigenvalue weighted by atomic mass is 35.5. The third-order valence-corrected chi connectivity index (χ3v) is 4.13. The van der Waals surface area contributed by atoms with Gasteiger partial charge < -0.3 is 10.1 Å². The molecule has 5 nitrogen and oxygen atoms in total. The Bertz CT molecular complexity index is 596. The first kappa shape index (κ1) is 22.1. The van der Waals surface area contributed by atoms with Crippen molar-refractivity contribution in [3.63, 3.8) is 0 Å². The molecule has 2 N–H and O–H groups in total. The fourth-order valence-electron chi connectivity index (χ4n) is 1.61. The predicted octanol–water partition coefficient (Wildman–Crippen LogP) is 1.78. The number of halogens is 5. The molecule has 0 amide bonds. The molecule has 0 aliphatic heterocycles. The van der Waals surface area contributed by atoms with Crippen molar-refractivity contribution in [2.75, 3.05) is 33.4 Å². The molecule has 11 heteroatoms. The van der Waals surface area contributed by atoms with E-state index >= 15 is 0 Å². The molecule has 0 saturated carbocycles. The monoisotopic (exact) mass is 380 g/mol. The van der Waals surface area contributed by atoms with Crippen molar-refractivity contribution >= 4 is 22.4 Å². The van der Waals surface area contributed by atoms with Crippen molar-refractivity contribution in [2.45, 2.75) is 11.1 Å². The molecular formula is C12H17ClF4N2O3S. The van der Waals surface area contributed by atoms with Crippen LogP contribution in [0.25, 0.3) is 0 Å². The van der Waals surface area contributed by atoms with Crippen molar-refractivity contribution < 1.29 is 30.7 Å². The summed E-state index contributed by atoms with van der Waals surface area (Å²) in [6.45, 7) is 0.997. The van der Waals surface area contributed by atoms with Gasteiger partial charge in [0, 0.05) is 26.7 Å². The third-order valence-electron chi connectivity index (χ3n) is 2.61. The van der Waals surface area contributed by atoms with E-state index in [1.54, 1.807) is 0 Å². The lowest BCUT2D eigenvalue weighted by molar-refractivity contribution is -0.140. The minimum atomic E-state index is -4.97. The van der Waals surface area contributed by atoms with Gasteiger partial charge >= 0.3 is 6.18 Å². The zero-order valence-corrected chi connectivity index (χ0v) is 13.7. The number of methoxy groups -OCH3 is 1. The summed E-state index contributed by atoms with van der Waals surface area (Å²) in [6, 6.07) is 1.42. The number of benzene rings is 1. The number of rotatable bonds is 8. The number of hydrogen-bond donors (Lipinski definition) is 2. The van der Waals surface area contributed by atoms with Gasteiger partial charge in [-0.15, -0.1) is 12.4 Å². The van der Waals surface area contributed by atoms with Crippen LogP contribution in [0, 0.1) is 5.82 Å². The van der Waals surface area contributed by atoms with Gasteiger partial charge in [-0.1, -0.05) is 0 Å². The molecule has 0 saturated heterocycles. The standard InChI is InChI=1S/C12H16F4N2O3S.ClH/c1-21-7-6-17-4-5-18-22(19,20)11-3-2-9(13)8-10(11)12(14,15)16;/h2-3,8,17-18H,4-7H2,1H3;1H. The summed E-state index contributed by atoms with van der Waals surface area (Å²) in [4.78, 5) is -1.00. The molecule has 0 heterocycles. The van der Waals surface area contributed by atoms with E-state index in [4.69, 9.17) is 4.74 Å². The molecular weight excluding hydrogens is 364 g/mol. The van der Waals surface area contributed by atoms with E-state index in [1.807, 2.05) is 4.72 Å². The molecule has 1 aromatic carbocycles. The van der Waals surface area contributed by atoms with Crippen LogP contribution in [-0.2, 0) is 20.9 Å². The van der Waals surface area contributed by atoms with Gasteiger partial charge in [0.2, 0.25) is 10.0 Å². The highest BCUT2D eigenvalue weighted by Gasteiger charge is 2.37. The maximum atomic E-state index is 13.0. The van der Waals surface area contributed by atoms with E-state index in [9.17, 15) is 26.0 Å². The van der Waals surface area contributed by atoms with Gasteiger partial charge in [-0.25, -0.2) is 17.5 Å². The molecule has 1 aromatic rings. The Kier molecular flexibility index (Phi) is 9.00. The SMILES string of the molecule is COCCNCCNS(=O)(=O)c1ccc(F)cc1C(F)(F)F.Cl. The molecule has 1 rings (SSSR count). The molecule has 0 radical (unpaired) electrons. The lowest BCUT2D eigenvalue weighted by Gasteiger charge is -2.14. The lowest BCUT2D eigenvalue weighted by Crippen LogP contribution is -2.34. The van der Waals surface area contributed by atoms with Gasteiger partial charge in [-0.2, -0.15) is 13.2 Å². The van der Waals surface area contributed by atoms with Gasteiger partial charge in [0.1, 0.15) is 5.82 Å². The second-order valence-electron chi connectivity index (χ2n) is 4.28. The highest BCUT2D eigenvalue weighted by Crippen LogP contribution is 2.34. The maximum Gasteiger partial charge on any atom is 0.417 e. The van der Waals surface area contributed by atoms with Crippen LogP contribution in [0.3, 0.4) is 0 Å². The van der Waals surface area contributed by atoms with Crippen LogP contribution >= 0.6 is 12.4 Å². The molecule has 23 heavy (non-hydrogen) atoms. The Hall–Kier alpha value is -0.940. The molecule has 0 bridgehead atoms. The molecule has 0 spiro atoms. The van der Waals surface area contributed by atoms with Crippen molar-refractivity contribution in [3.05, 3.63) is 29.6 Å². The Balaban J connectivity index is 0.00000484. The summed E-state index contributed by atoms with van der Waals surface area (Å²) in [6.07, 6.45) is -4.97. The van der Waals surface area contributed by atoms with Gasteiger partial charge in [-0.3, -0.25) is 0 Å². The molecule has 0 unspecified atom stereocenters. The number of hydrogen-bond acceptors (Lipinski definition) is 4. The summed E-state index contributed by atoms with van der Waals surface area (Å²) in [7, 11) is -2.89. The average molecular weight is 381 g/mol. The van der Waals surface area contributed by atoms with E-state index in [0.717, 1.165) is 0 Å². The highest BCUT2D eigenvalue weighted by molar-refractivity contribution is 7.89. The topological polar surface area (TPSA) is 67.4 Å². The fourth-order valence-corrected chi connectivity index (χ4v) is 2.85. The third kappa shape index (κ3) is 7.00. The summed E-state index contributed by atoms with van der Waals surface area (Å²) in [5.74, 6) is -1.16. The van der Waals surface area contributed by atoms with Crippen molar-refractivity contribution in [1.29, 1.82) is 0 Å². The quantitative estimate of drug-likeness (QED) is 0.533. The Morgan fingerprint density at radius 3 is 2.39 bits per heavy atom. The van der Waals surface area contributed by atoms with E-state index in [0.29, 0.717) is 25.3 Å². The number of alkyl halides is 3. The second-order valence-corrected chi connectivity index (χ2v) is 6.01. The minimum Gasteiger partial charge on any atom is -0.383 e. The second kappa shape index (κ2) is 9.38. The maximum absolute atomic E-state index is 13.0. The van der Waals surface area contributed by atoms with Gasteiger partial charge in [0.15, 0.2) is 0 Å². The molecule has 134 valence electrons. The van der Waals surface area contributed by atoms with E-state index in [1.165, 1.54) is 7.11 Å². The van der Waals surface area contributed by atoms with Crippen LogP contribution < -0.4 is 10.0 Å². The number of ether oxygens (including phenoxy) is 1. The molecule has 0 aromatic heterocycles. The van der Waals surface area contributed by atoms with Crippen LogP contribution in [0.15, 0.2) is 23.1 Å². The summed E-state index contributed by atoms with van der Waals surface area (Å²) in [5.41, 5.74) is -1.53. The van der Waals surface area contributed by atoms with Crippen LogP contribution in [-0.4, -0.2) is 41.8 Å². The Morgan fingerprint density at radius 1 is 1.17 bits per heavy atom. The van der Waals surface area contributed by atoms with Crippen LogP contribution in [0.1, 0.15) is 5.56 Å². The van der Waals surface area contributed by atoms with Crippen molar-refractivity contribution in [1.82, 2.24) is 10.0 Å². The van der Waals surface area contributed by atoms with E-state index in [-0.39, 0.29) is 31.6 Å². The first-order chi connectivity index (χ1) is 10.2. The first-order valence-electron chi connectivity index (χ1n) is 6.24. The molecule has 0 atom stereocenters. The first-order valence-corrected chi connectivity index (χ1v) is 7.73. The fraction of sp³-hybridized carbons (Fsp3) is 0.500. The van der Waals surface area contributed by atoms with Crippen LogP contribution in [0.5, 0.6) is 0 Å². The molecule has 0 aliphatic carbocycles. The largest absolute Gasteiger partial charge is 0.417 e. The van der Waals surface area contributed by atoms with E-state index in [2.05, 4.69) is 5.32 Å². The summed E-state index contributed by atoms with van der Waals surface area (Å²) < 4.78 is 82.0. The summed E-state index contributed by atoms with van der Waals surface area (Å²) >= 11 is 0. The zero-order valence-electron chi connectivity index (χ0n) is 12.1. The smallest absolute Gasteiger partial charge is 0.383 e. The normalized spacial score (nSPS) is 12.0. The van der Waals surface area contributed by atoms with Gasteiger partial charge in [0.25, 0.3) is 0 Å². The van der Waals surface area contributed by atoms with Crippen molar-refractivity contribution in [2.24, 2.45) is 0 Å². The van der Waals surface area contributed by atoms with E-state index < -0.39 is 32.5 Å². The Labute approximate surface area is 137 Å². The average Bonchev–Trinajstić information content (AvgIpc) is 2.41. The lowest BCUT2D eigenvalue weighted by atomic mass is 10.2. The van der Waals surface area contributed by atoms with Gasteiger partial charge in [0.05, 0.1) is 17.1 Å². The number of sulfonamides is 1. The predicted molar refractivity (Wildman–Crippen MR) is 78.6 cm³/mol. The summed E-state index contributed by atoms with van der Waals surface area (Å²) in [5, 5.41) is 2.83. The minimum absolute atomic E-state index is 0. The van der Waals surface area contributed by atoms with Crippen molar-refractivity contribution in [3.8, 4) is 0 Å². The Morgan fingerprint density at radius 2 is 1.83 bits per heavy atom.